The maximum Gasteiger partial charge on any atom is 0.161 e. The third-order valence-electron chi connectivity index (χ3n) is 7.60. The van der Waals surface area contributed by atoms with E-state index in [-0.39, 0.29) is 22.1 Å². The number of hydrogen-bond acceptors (Lipinski definition) is 6. The first-order chi connectivity index (χ1) is 22.5. The lowest BCUT2D eigenvalue weighted by molar-refractivity contribution is 0.406. The van der Waals surface area contributed by atoms with Crippen LogP contribution in [0.5, 0.6) is 0 Å². The molecule has 0 bridgehead atoms. The number of imidazole rings is 1. The summed E-state index contributed by atoms with van der Waals surface area (Å²) in [4.78, 5) is 15.7. The fourth-order valence-corrected chi connectivity index (χ4v) is 4.64. The van der Waals surface area contributed by atoms with Gasteiger partial charge in [0.05, 0.1) is 40.1 Å². The van der Waals surface area contributed by atoms with E-state index < -0.39 is 0 Å². The molecule has 4 aromatic heterocycles. The normalized spacial score (nSPS) is 11.6. The van der Waals surface area contributed by atoms with Crippen LogP contribution in [-0.2, 0) is 16.2 Å². The number of rotatable bonds is 0. The van der Waals surface area contributed by atoms with Gasteiger partial charge in [-0.3, -0.25) is 9.97 Å². The lowest BCUT2D eigenvalue weighted by Crippen LogP contribution is -2.10. The summed E-state index contributed by atoms with van der Waals surface area (Å²) in [6.07, 6.45) is 8.02. The van der Waals surface area contributed by atoms with Crippen molar-refractivity contribution < 1.29 is 8.81 Å². The van der Waals surface area contributed by atoms with Crippen LogP contribution in [0.25, 0.3) is 33.0 Å². The average molecular weight is 647 g/mol. The molecule has 0 aliphatic heterocycles. The first-order valence-corrected chi connectivity index (χ1v) is 16.1. The number of nitrogens with one attached hydrogen (secondary N) is 1. The number of halogens is 1. The number of hydrogen-bond donors (Lipinski definition) is 1. The molecule has 3 aromatic carbocycles. The number of aromatic nitrogens is 6. The molecule has 0 spiro atoms. The fraction of sp³-hybridized carbons (Fsp3) is 0.325. The molecule has 7 nitrogen and oxygen atoms in total. The predicted octanol–water partition coefficient (Wildman–Crippen LogP) is 10.4. The minimum Gasteiger partial charge on any atom is -0.466 e. The molecule has 7 aromatic rings. The first-order valence-electron chi connectivity index (χ1n) is 16.1. The Morgan fingerprint density at radius 1 is 0.604 bits per heavy atom. The molecule has 4 heterocycles. The largest absolute Gasteiger partial charge is 0.466 e. The zero-order chi connectivity index (χ0) is 35.1. The van der Waals surface area contributed by atoms with Crippen molar-refractivity contribution in [3.8, 4) is 0 Å². The summed E-state index contributed by atoms with van der Waals surface area (Å²) in [6, 6.07) is 22.2. The van der Waals surface area contributed by atoms with Gasteiger partial charge in [-0.15, -0.1) is 0 Å². The van der Waals surface area contributed by atoms with Crippen molar-refractivity contribution in [2.75, 3.05) is 0 Å². The number of furan rings is 1. The van der Waals surface area contributed by atoms with E-state index in [0.717, 1.165) is 39.2 Å². The summed E-state index contributed by atoms with van der Waals surface area (Å²) in [6.45, 7) is 21.2. The SMILES string of the molecule is CC(C)(C)c1cc(F)co1.CC(C)(C)c1ccc2nccnc2c1.CC(C)(C)c1ccc2nnccc2c1.Cc1ccc2nc[nH]c2c1. The third-order valence-corrected chi connectivity index (χ3v) is 7.60. The van der Waals surface area contributed by atoms with Crippen LogP contribution < -0.4 is 0 Å². The van der Waals surface area contributed by atoms with Gasteiger partial charge in [0.15, 0.2) is 5.82 Å². The summed E-state index contributed by atoms with van der Waals surface area (Å²) >= 11 is 0. The zero-order valence-electron chi connectivity index (χ0n) is 29.8. The number of H-pyrrole nitrogens is 1. The van der Waals surface area contributed by atoms with E-state index in [4.69, 9.17) is 4.42 Å². The van der Waals surface area contributed by atoms with Crippen molar-refractivity contribution in [1.29, 1.82) is 0 Å². The molecule has 0 amide bonds. The van der Waals surface area contributed by atoms with E-state index in [1.165, 1.54) is 22.8 Å². The van der Waals surface area contributed by atoms with Gasteiger partial charge in [-0.25, -0.2) is 9.37 Å². The van der Waals surface area contributed by atoms with E-state index in [1.807, 2.05) is 45.0 Å². The minimum absolute atomic E-state index is 0.0929. The van der Waals surface area contributed by atoms with Gasteiger partial charge in [0.25, 0.3) is 0 Å². The molecule has 1 N–H and O–H groups in total. The Balaban J connectivity index is 0.000000146. The van der Waals surface area contributed by atoms with Crippen LogP contribution in [0.3, 0.4) is 0 Å². The summed E-state index contributed by atoms with van der Waals surface area (Å²) in [5.41, 5.74) is 9.19. The van der Waals surface area contributed by atoms with E-state index in [2.05, 4.69) is 115 Å². The fourth-order valence-electron chi connectivity index (χ4n) is 4.64. The van der Waals surface area contributed by atoms with E-state index in [0.29, 0.717) is 5.76 Å². The number of aromatic amines is 1. The molecular formula is C40H47FN6O. The highest BCUT2D eigenvalue weighted by atomic mass is 19.1. The molecule has 0 fully saturated rings. The Kier molecular flexibility index (Phi) is 11.1. The minimum atomic E-state index is -0.301. The summed E-state index contributed by atoms with van der Waals surface area (Å²) in [5.74, 6) is 0.384. The molecule has 0 saturated heterocycles. The predicted molar refractivity (Wildman–Crippen MR) is 195 cm³/mol. The van der Waals surface area contributed by atoms with Crippen LogP contribution in [0.1, 0.15) is 84.8 Å². The lowest BCUT2D eigenvalue weighted by Gasteiger charge is -2.19. The average Bonchev–Trinajstić information content (AvgIpc) is 3.69. The van der Waals surface area contributed by atoms with Gasteiger partial charge in [-0.1, -0.05) is 80.5 Å². The Hall–Kier alpha value is -4.98. The Labute approximate surface area is 283 Å². The van der Waals surface area contributed by atoms with Gasteiger partial charge in [0.2, 0.25) is 0 Å². The third kappa shape index (κ3) is 10.0. The first kappa shape index (κ1) is 35.9. The van der Waals surface area contributed by atoms with Crippen molar-refractivity contribution in [3.63, 3.8) is 0 Å². The highest BCUT2D eigenvalue weighted by Crippen LogP contribution is 2.26. The van der Waals surface area contributed by atoms with Crippen LogP contribution in [0, 0.1) is 12.7 Å². The van der Waals surface area contributed by atoms with Crippen molar-refractivity contribution in [2.45, 2.75) is 85.5 Å². The quantitative estimate of drug-likeness (QED) is 0.176. The van der Waals surface area contributed by atoms with Crippen molar-refractivity contribution in [3.05, 3.63) is 126 Å². The molecule has 0 saturated carbocycles. The second-order valence-corrected chi connectivity index (χ2v) is 14.9. The van der Waals surface area contributed by atoms with Gasteiger partial charge in [0.1, 0.15) is 12.0 Å². The Morgan fingerprint density at radius 3 is 1.83 bits per heavy atom. The Morgan fingerprint density at radius 2 is 1.23 bits per heavy atom. The summed E-state index contributed by atoms with van der Waals surface area (Å²) < 4.78 is 17.3. The highest BCUT2D eigenvalue weighted by molar-refractivity contribution is 5.78. The molecule has 0 radical (unpaired) electrons. The zero-order valence-corrected chi connectivity index (χ0v) is 29.8. The van der Waals surface area contributed by atoms with Gasteiger partial charge in [0, 0.05) is 29.3 Å². The van der Waals surface area contributed by atoms with E-state index in [9.17, 15) is 4.39 Å². The van der Waals surface area contributed by atoms with Crippen LogP contribution in [0.15, 0.2) is 102 Å². The number of benzene rings is 3. The van der Waals surface area contributed by atoms with Crippen molar-refractivity contribution in [1.82, 2.24) is 30.1 Å². The molecule has 7 rings (SSSR count). The van der Waals surface area contributed by atoms with Crippen LogP contribution >= 0.6 is 0 Å². The molecule has 0 atom stereocenters. The van der Waals surface area contributed by atoms with Gasteiger partial charge < -0.3 is 9.40 Å². The smallest absolute Gasteiger partial charge is 0.161 e. The van der Waals surface area contributed by atoms with E-state index >= 15 is 0 Å². The monoisotopic (exact) mass is 646 g/mol. The highest BCUT2D eigenvalue weighted by Gasteiger charge is 2.18. The van der Waals surface area contributed by atoms with Crippen molar-refractivity contribution in [2.24, 2.45) is 0 Å². The molecular weight excluding hydrogens is 599 g/mol. The second kappa shape index (κ2) is 14.8. The molecule has 0 aliphatic rings. The topological polar surface area (TPSA) is 93.4 Å². The molecule has 8 heteroatoms. The number of fused-ring (bicyclic) bond motifs is 3. The van der Waals surface area contributed by atoms with Gasteiger partial charge in [-0.05, 0) is 76.9 Å². The lowest BCUT2D eigenvalue weighted by atomic mass is 9.86. The van der Waals surface area contributed by atoms with Crippen LogP contribution in [0.4, 0.5) is 4.39 Å². The van der Waals surface area contributed by atoms with Crippen LogP contribution in [0.2, 0.25) is 0 Å². The maximum atomic E-state index is 12.4. The van der Waals surface area contributed by atoms with Crippen LogP contribution in [-0.4, -0.2) is 30.1 Å². The number of aryl methyl sites for hydroxylation is 1. The second-order valence-electron chi connectivity index (χ2n) is 14.9. The molecule has 0 aliphatic carbocycles. The Bertz CT molecular complexity index is 1990. The summed E-state index contributed by atoms with van der Waals surface area (Å²) in [7, 11) is 0. The van der Waals surface area contributed by atoms with Crippen molar-refractivity contribution >= 4 is 33.0 Å². The molecule has 48 heavy (non-hydrogen) atoms. The molecule has 0 unspecified atom stereocenters. The maximum absolute atomic E-state index is 12.4. The van der Waals surface area contributed by atoms with Gasteiger partial charge in [-0.2, -0.15) is 10.2 Å². The number of nitrogens with zero attached hydrogens (tertiary/aromatic N) is 5. The van der Waals surface area contributed by atoms with Gasteiger partial charge >= 0.3 is 0 Å². The molecule has 250 valence electrons. The standard InChI is InChI=1S/2C12H14N2.C8H11FO.C8H8N2/c1-12(2,3)10-4-5-11-9(8-10)6-7-13-14-11;1-12(2,3)9-4-5-10-11(8-9)14-7-6-13-10;1-8(2,3)7-4-6(9)5-10-7;1-6-2-3-7-8(4-6)10-5-9-7/h2*4-8H,1-3H3;4-5H,1-3H3;2-5H,1H3,(H,9,10). The summed E-state index contributed by atoms with van der Waals surface area (Å²) in [5, 5.41) is 9.07. The van der Waals surface area contributed by atoms with E-state index in [1.54, 1.807) is 24.9 Å².